The molecule has 2 aromatic carbocycles. The Morgan fingerprint density at radius 3 is 2.71 bits per heavy atom. The van der Waals surface area contributed by atoms with Gasteiger partial charge in [-0.2, -0.15) is 0 Å². The Bertz CT molecular complexity index is 983. The van der Waals surface area contributed by atoms with E-state index in [4.69, 9.17) is 14.0 Å². The van der Waals surface area contributed by atoms with Crippen LogP contribution in [0.2, 0.25) is 0 Å². The van der Waals surface area contributed by atoms with E-state index in [-0.39, 0.29) is 12.0 Å². The minimum Gasteiger partial charge on any atom is -0.436 e. The maximum Gasteiger partial charge on any atom is 0.243 e. The van der Waals surface area contributed by atoms with Gasteiger partial charge in [0.2, 0.25) is 11.8 Å². The first kappa shape index (κ1) is 22.9. The summed E-state index contributed by atoms with van der Waals surface area (Å²) < 4.78 is 10.8. The number of unbranched alkanes of at least 4 members (excludes halogenated alkanes) is 1. The van der Waals surface area contributed by atoms with Crippen molar-refractivity contribution < 1.29 is 23.9 Å². The third-order valence-electron chi connectivity index (χ3n) is 4.99. The van der Waals surface area contributed by atoms with E-state index >= 15 is 0 Å². The highest BCUT2D eigenvalue weighted by molar-refractivity contribution is 5.77. The van der Waals surface area contributed by atoms with Crippen LogP contribution >= 0.6 is 0 Å². The number of rotatable bonds is 11. The summed E-state index contributed by atoms with van der Waals surface area (Å²) in [5.41, 5.74) is 6.85. The number of hydroxylamine groups is 1. The Hall–Kier alpha value is -2.74. The van der Waals surface area contributed by atoms with Crippen LogP contribution in [-0.2, 0) is 14.4 Å². The van der Waals surface area contributed by atoms with Crippen LogP contribution in [0.1, 0.15) is 49.8 Å². The molecule has 0 aliphatic carbocycles. The molecular formula is C24H30N2O5. The molecule has 1 aromatic heterocycles. The quantitative estimate of drug-likeness (QED) is 0.347. The van der Waals surface area contributed by atoms with Crippen molar-refractivity contribution in [1.82, 2.24) is 10.5 Å². The number of aromatic nitrogens is 1. The molecule has 1 amide bonds. The number of carbonyl (C=O) groups excluding carboxylic acids is 1. The van der Waals surface area contributed by atoms with E-state index in [1.165, 1.54) is 0 Å². The maximum atomic E-state index is 11.8. The number of ether oxygens (including phenoxy) is 1. The summed E-state index contributed by atoms with van der Waals surface area (Å²) in [7, 11) is 1.58. The molecule has 0 aliphatic heterocycles. The fourth-order valence-electron chi connectivity index (χ4n) is 3.28. The van der Waals surface area contributed by atoms with Crippen LogP contribution in [0.15, 0.2) is 46.9 Å². The molecule has 3 aromatic rings. The average molecular weight is 427 g/mol. The Morgan fingerprint density at radius 1 is 1.19 bits per heavy atom. The zero-order valence-corrected chi connectivity index (χ0v) is 18.3. The smallest absolute Gasteiger partial charge is 0.243 e. The highest BCUT2D eigenvalue weighted by atomic mass is 16.7. The lowest BCUT2D eigenvalue weighted by Gasteiger charge is -2.13. The molecule has 7 heteroatoms. The summed E-state index contributed by atoms with van der Waals surface area (Å²) >= 11 is 0. The van der Waals surface area contributed by atoms with Gasteiger partial charge in [-0.1, -0.05) is 24.6 Å². The molecule has 0 bridgehead atoms. The predicted octanol–water partition coefficient (Wildman–Crippen LogP) is 4.48. The van der Waals surface area contributed by atoms with Crippen LogP contribution in [0.3, 0.4) is 0 Å². The highest BCUT2D eigenvalue weighted by Gasteiger charge is 2.12. The number of oxazole rings is 1. The van der Waals surface area contributed by atoms with Crippen molar-refractivity contribution in [2.24, 2.45) is 0 Å². The molecule has 0 fully saturated rings. The number of carbonyl (C=O) groups is 1. The molecule has 0 unspecified atom stereocenters. The number of aryl methyl sites for hydroxylation is 1. The van der Waals surface area contributed by atoms with E-state index < -0.39 is 6.10 Å². The minimum atomic E-state index is -0.582. The molecule has 0 spiro atoms. The summed E-state index contributed by atoms with van der Waals surface area (Å²) in [4.78, 5) is 21.5. The number of nitrogens with zero attached hydrogens (tertiary/aromatic N) is 1. The normalized spacial score (nSPS) is 13.3. The second kappa shape index (κ2) is 11.0. The standard InChI is InChI=1S/C24H30N2O5/c1-16-8-13-22-20(14-16)25-24(30-22)19-11-9-18(10-12-19)21(27)6-4-5-7-23(28)26-31-17(2)15-29-3/h8-14,17,21,27H,4-7,15H2,1-3H3,(H,26,28)/t17-,21-/m1/s1. The SMILES string of the molecule is COC[C@@H](C)ONC(=O)CCCC[C@@H](O)c1ccc(-c2nc3cc(C)ccc3o2)cc1. The summed E-state index contributed by atoms with van der Waals surface area (Å²) in [6, 6.07) is 13.5. The summed E-state index contributed by atoms with van der Waals surface area (Å²) in [5, 5.41) is 10.4. The number of benzene rings is 2. The van der Waals surface area contributed by atoms with Crippen LogP contribution in [0.5, 0.6) is 0 Å². The number of nitrogens with one attached hydrogen (secondary N) is 1. The van der Waals surface area contributed by atoms with Crippen LogP contribution in [0.4, 0.5) is 0 Å². The predicted molar refractivity (Wildman–Crippen MR) is 118 cm³/mol. The average Bonchev–Trinajstić information content (AvgIpc) is 3.18. The Labute approximate surface area is 182 Å². The molecular weight excluding hydrogens is 396 g/mol. The molecule has 1 heterocycles. The minimum absolute atomic E-state index is 0.171. The molecule has 0 radical (unpaired) electrons. The summed E-state index contributed by atoms with van der Waals surface area (Å²) in [6.45, 7) is 4.25. The fourth-order valence-corrected chi connectivity index (χ4v) is 3.28. The maximum absolute atomic E-state index is 11.8. The van der Waals surface area contributed by atoms with Crippen molar-refractivity contribution in [2.45, 2.75) is 51.7 Å². The number of hydrogen-bond acceptors (Lipinski definition) is 6. The lowest BCUT2D eigenvalue weighted by Crippen LogP contribution is -2.30. The van der Waals surface area contributed by atoms with Crippen molar-refractivity contribution in [1.29, 1.82) is 0 Å². The van der Waals surface area contributed by atoms with Gasteiger partial charge in [0.05, 0.1) is 12.7 Å². The zero-order valence-electron chi connectivity index (χ0n) is 18.3. The van der Waals surface area contributed by atoms with Crippen LogP contribution < -0.4 is 5.48 Å². The zero-order chi connectivity index (χ0) is 22.2. The van der Waals surface area contributed by atoms with Gasteiger partial charge in [0.1, 0.15) is 11.6 Å². The molecule has 2 atom stereocenters. The molecule has 3 rings (SSSR count). The molecule has 0 aliphatic rings. The van der Waals surface area contributed by atoms with E-state index in [0.717, 1.165) is 34.2 Å². The highest BCUT2D eigenvalue weighted by Crippen LogP contribution is 2.27. The third kappa shape index (κ3) is 6.62. The monoisotopic (exact) mass is 426 g/mol. The summed E-state index contributed by atoms with van der Waals surface area (Å²) in [6.07, 6.45) is 1.55. The molecule has 0 saturated carbocycles. The third-order valence-corrected chi connectivity index (χ3v) is 4.99. The largest absolute Gasteiger partial charge is 0.436 e. The molecule has 0 saturated heterocycles. The number of hydrogen-bond donors (Lipinski definition) is 2. The van der Waals surface area contributed by atoms with Crippen molar-refractivity contribution in [3.63, 3.8) is 0 Å². The molecule has 7 nitrogen and oxygen atoms in total. The number of fused-ring (bicyclic) bond motifs is 1. The second-order valence-corrected chi connectivity index (χ2v) is 7.78. The first-order valence-electron chi connectivity index (χ1n) is 10.6. The van der Waals surface area contributed by atoms with Crippen LogP contribution in [0.25, 0.3) is 22.6 Å². The van der Waals surface area contributed by atoms with Crippen molar-refractivity contribution >= 4 is 17.0 Å². The van der Waals surface area contributed by atoms with Crippen molar-refractivity contribution in [3.8, 4) is 11.5 Å². The topological polar surface area (TPSA) is 93.8 Å². The van der Waals surface area contributed by atoms with Crippen molar-refractivity contribution in [3.05, 3.63) is 53.6 Å². The lowest BCUT2D eigenvalue weighted by molar-refractivity contribution is -0.140. The number of amides is 1. The Balaban J connectivity index is 1.44. The van der Waals surface area contributed by atoms with Gasteiger partial charge >= 0.3 is 0 Å². The van der Waals surface area contributed by atoms with Gasteiger partial charge in [0, 0.05) is 19.1 Å². The molecule has 2 N–H and O–H groups in total. The van der Waals surface area contributed by atoms with Gasteiger partial charge in [0.15, 0.2) is 5.58 Å². The van der Waals surface area contributed by atoms with E-state index in [1.54, 1.807) is 7.11 Å². The van der Waals surface area contributed by atoms with Crippen molar-refractivity contribution in [2.75, 3.05) is 13.7 Å². The van der Waals surface area contributed by atoms with Gasteiger partial charge in [0.25, 0.3) is 0 Å². The fraction of sp³-hybridized carbons (Fsp3) is 0.417. The first-order valence-corrected chi connectivity index (χ1v) is 10.6. The van der Waals surface area contributed by atoms with Crippen LogP contribution in [0, 0.1) is 6.92 Å². The van der Waals surface area contributed by atoms with E-state index in [1.807, 2.05) is 56.3 Å². The Morgan fingerprint density at radius 2 is 1.97 bits per heavy atom. The van der Waals surface area contributed by atoms with Gasteiger partial charge < -0.3 is 14.3 Å². The van der Waals surface area contributed by atoms with E-state index in [2.05, 4.69) is 10.5 Å². The van der Waals surface area contributed by atoms with Gasteiger partial charge in [-0.05, 0) is 62.1 Å². The lowest BCUT2D eigenvalue weighted by atomic mass is 10.0. The van der Waals surface area contributed by atoms with Gasteiger partial charge in [-0.25, -0.2) is 10.5 Å². The van der Waals surface area contributed by atoms with E-state index in [9.17, 15) is 9.90 Å². The number of aliphatic hydroxyl groups is 1. The number of aliphatic hydroxyl groups excluding tert-OH is 1. The molecule has 166 valence electrons. The van der Waals surface area contributed by atoms with E-state index in [0.29, 0.717) is 31.8 Å². The molecule has 31 heavy (non-hydrogen) atoms. The Kier molecular flexibility index (Phi) is 8.17. The van der Waals surface area contributed by atoms with Gasteiger partial charge in [-0.3, -0.25) is 9.63 Å². The second-order valence-electron chi connectivity index (χ2n) is 7.78. The van der Waals surface area contributed by atoms with Gasteiger partial charge in [-0.15, -0.1) is 0 Å². The summed E-state index contributed by atoms with van der Waals surface area (Å²) in [5.74, 6) is 0.394. The van der Waals surface area contributed by atoms with Crippen LogP contribution in [-0.4, -0.2) is 35.8 Å². The first-order chi connectivity index (χ1) is 15.0. The number of methoxy groups -OCH3 is 1.